The van der Waals surface area contributed by atoms with Crippen molar-refractivity contribution in [1.29, 1.82) is 0 Å². The molecule has 0 aromatic carbocycles. The van der Waals surface area contributed by atoms with Crippen LogP contribution in [0.15, 0.2) is 12.3 Å². The summed E-state index contributed by atoms with van der Waals surface area (Å²) in [4.78, 5) is 4.33. The quantitative estimate of drug-likeness (QED) is 0.685. The van der Waals surface area contributed by atoms with Gasteiger partial charge in [0, 0.05) is 13.0 Å². The molecule has 1 N–H and O–H groups in total. The molecular weight excluding hydrogens is 246 g/mol. The van der Waals surface area contributed by atoms with Crippen LogP contribution in [0, 0.1) is 6.92 Å². The molecule has 4 heterocycles. The van der Waals surface area contributed by atoms with Crippen molar-refractivity contribution in [3.05, 3.63) is 18.1 Å². The lowest BCUT2D eigenvalue weighted by Gasteiger charge is -2.21. The van der Waals surface area contributed by atoms with Crippen LogP contribution >= 0.6 is 0 Å². The van der Waals surface area contributed by atoms with Crippen LogP contribution in [0.3, 0.4) is 0 Å². The number of ether oxygens (including phenoxy) is 3. The SMILES string of the molecule is Cc1nccc2[n+]1C[C@H]1O[C@@H](N2)C2OC(C)(C)O[C@H]21. The summed E-state index contributed by atoms with van der Waals surface area (Å²) in [5.41, 5.74) is 0. The summed E-state index contributed by atoms with van der Waals surface area (Å²) in [7, 11) is 0. The van der Waals surface area contributed by atoms with Gasteiger partial charge in [0.1, 0.15) is 31.1 Å². The minimum Gasteiger partial charge on any atom is -0.341 e. The maximum atomic E-state index is 6.01. The number of hydrogen-bond donors (Lipinski definition) is 1. The Balaban J connectivity index is 1.72. The first-order valence-corrected chi connectivity index (χ1v) is 6.67. The van der Waals surface area contributed by atoms with Crippen LogP contribution in [0.1, 0.15) is 19.7 Å². The Morgan fingerprint density at radius 3 is 3.00 bits per heavy atom. The number of anilines is 1. The van der Waals surface area contributed by atoms with Crippen molar-refractivity contribution >= 4 is 5.82 Å². The van der Waals surface area contributed by atoms with Crippen molar-refractivity contribution in [2.24, 2.45) is 0 Å². The summed E-state index contributed by atoms with van der Waals surface area (Å²) in [6.45, 7) is 6.63. The zero-order valence-corrected chi connectivity index (χ0v) is 11.3. The van der Waals surface area contributed by atoms with E-state index in [2.05, 4.69) is 14.9 Å². The lowest BCUT2D eigenvalue weighted by atomic mass is 10.1. The van der Waals surface area contributed by atoms with Gasteiger partial charge in [0.25, 0.3) is 0 Å². The molecule has 2 fully saturated rings. The van der Waals surface area contributed by atoms with Gasteiger partial charge < -0.3 is 14.2 Å². The number of aromatic nitrogens is 2. The number of nitrogens with zero attached hydrogens (tertiary/aromatic N) is 2. The molecule has 0 saturated carbocycles. The van der Waals surface area contributed by atoms with Gasteiger partial charge in [-0.05, 0) is 13.8 Å². The van der Waals surface area contributed by atoms with Gasteiger partial charge in [0.15, 0.2) is 5.79 Å². The Morgan fingerprint density at radius 2 is 2.16 bits per heavy atom. The van der Waals surface area contributed by atoms with E-state index in [4.69, 9.17) is 14.2 Å². The zero-order valence-electron chi connectivity index (χ0n) is 11.3. The van der Waals surface area contributed by atoms with E-state index in [0.717, 1.165) is 18.2 Å². The highest BCUT2D eigenvalue weighted by Crippen LogP contribution is 2.39. The molecule has 3 aliphatic heterocycles. The molecule has 6 nitrogen and oxygen atoms in total. The van der Waals surface area contributed by atoms with Crippen LogP contribution in [0.5, 0.6) is 0 Å². The van der Waals surface area contributed by atoms with Gasteiger partial charge in [-0.25, -0.2) is 4.57 Å². The molecule has 4 atom stereocenters. The molecule has 0 aliphatic carbocycles. The first kappa shape index (κ1) is 11.6. The first-order chi connectivity index (χ1) is 9.03. The highest BCUT2D eigenvalue weighted by Gasteiger charge is 2.58. The fourth-order valence-electron chi connectivity index (χ4n) is 3.18. The van der Waals surface area contributed by atoms with E-state index in [0.29, 0.717) is 0 Å². The average molecular weight is 264 g/mol. The molecule has 1 aromatic rings. The van der Waals surface area contributed by atoms with E-state index < -0.39 is 5.79 Å². The van der Waals surface area contributed by atoms with Crippen molar-refractivity contribution < 1.29 is 18.8 Å². The molecule has 1 unspecified atom stereocenters. The van der Waals surface area contributed by atoms with Crippen LogP contribution in [-0.4, -0.2) is 35.3 Å². The standard InChI is InChI=1S/C13H17N3O3/c1-7-14-5-4-9-15-12-11-10(18-13(2,3)19-11)8(17-12)6-16(7)9/h4-5,8,10-12H,6H2,1-3H3/p+1/t8-,10+,11?,12-/m1/s1. The minimum atomic E-state index is -0.536. The third-order valence-electron chi connectivity index (χ3n) is 3.98. The molecule has 2 bridgehead atoms. The maximum absolute atomic E-state index is 6.01. The van der Waals surface area contributed by atoms with E-state index in [1.54, 1.807) is 6.20 Å². The Morgan fingerprint density at radius 1 is 1.37 bits per heavy atom. The van der Waals surface area contributed by atoms with E-state index in [1.807, 2.05) is 26.8 Å². The van der Waals surface area contributed by atoms with Gasteiger partial charge in [0.2, 0.25) is 17.9 Å². The van der Waals surface area contributed by atoms with Gasteiger partial charge in [-0.1, -0.05) is 0 Å². The van der Waals surface area contributed by atoms with Gasteiger partial charge in [0.05, 0.1) is 0 Å². The molecular formula is C13H18N3O3+. The number of nitrogens with one attached hydrogen (secondary N) is 1. The molecule has 102 valence electrons. The van der Waals surface area contributed by atoms with Crippen LogP contribution < -0.4 is 9.88 Å². The summed E-state index contributed by atoms with van der Waals surface area (Å²) in [5.74, 6) is 1.45. The van der Waals surface area contributed by atoms with Crippen molar-refractivity contribution in [2.45, 2.75) is 57.6 Å². The molecule has 1 aromatic heterocycles. The predicted octanol–water partition coefficient (Wildman–Crippen LogP) is 0.348. The second-order valence-corrected chi connectivity index (χ2v) is 5.79. The van der Waals surface area contributed by atoms with Crippen LogP contribution in [-0.2, 0) is 20.8 Å². The summed E-state index contributed by atoms with van der Waals surface area (Å²) >= 11 is 0. The smallest absolute Gasteiger partial charge is 0.235 e. The Hall–Kier alpha value is -1.24. The minimum absolute atomic E-state index is 0.00146. The van der Waals surface area contributed by atoms with E-state index >= 15 is 0 Å². The fraction of sp³-hybridized carbons (Fsp3) is 0.692. The number of fused-ring (bicyclic) bond motifs is 6. The van der Waals surface area contributed by atoms with Gasteiger partial charge in [-0.3, -0.25) is 5.32 Å². The van der Waals surface area contributed by atoms with Crippen molar-refractivity contribution in [1.82, 2.24) is 4.98 Å². The fourth-order valence-corrected chi connectivity index (χ4v) is 3.18. The third kappa shape index (κ3) is 1.67. The van der Waals surface area contributed by atoms with Crippen LogP contribution in [0.4, 0.5) is 5.82 Å². The third-order valence-corrected chi connectivity index (χ3v) is 3.98. The zero-order chi connectivity index (χ0) is 13.2. The summed E-state index contributed by atoms with van der Waals surface area (Å²) in [5, 5.41) is 3.40. The first-order valence-electron chi connectivity index (χ1n) is 6.67. The Bertz CT molecular complexity index is 534. The Kier molecular flexibility index (Phi) is 2.23. The van der Waals surface area contributed by atoms with Gasteiger partial charge in [-0.2, -0.15) is 0 Å². The predicted molar refractivity (Wildman–Crippen MR) is 65.3 cm³/mol. The van der Waals surface area contributed by atoms with Gasteiger partial charge >= 0.3 is 0 Å². The number of rotatable bonds is 0. The average Bonchev–Trinajstić information content (AvgIpc) is 2.70. The van der Waals surface area contributed by atoms with Crippen molar-refractivity contribution in [3.63, 3.8) is 0 Å². The molecule has 0 radical (unpaired) electrons. The molecule has 4 rings (SSSR count). The lowest BCUT2D eigenvalue weighted by molar-refractivity contribution is -0.697. The second kappa shape index (κ2) is 3.65. The van der Waals surface area contributed by atoms with Gasteiger partial charge in [-0.15, -0.1) is 4.98 Å². The topological polar surface area (TPSA) is 56.5 Å². The van der Waals surface area contributed by atoms with E-state index in [-0.39, 0.29) is 24.5 Å². The summed E-state index contributed by atoms with van der Waals surface area (Å²) in [6, 6.07) is 1.97. The highest BCUT2D eigenvalue weighted by molar-refractivity contribution is 5.30. The molecule has 2 saturated heterocycles. The second-order valence-electron chi connectivity index (χ2n) is 5.79. The van der Waals surface area contributed by atoms with Crippen molar-refractivity contribution in [2.75, 3.05) is 5.32 Å². The van der Waals surface area contributed by atoms with E-state index in [1.165, 1.54) is 0 Å². The largest absolute Gasteiger partial charge is 0.341 e. The highest BCUT2D eigenvalue weighted by atomic mass is 16.8. The number of hydrogen-bond acceptors (Lipinski definition) is 5. The molecule has 0 spiro atoms. The maximum Gasteiger partial charge on any atom is 0.235 e. The molecule has 0 amide bonds. The van der Waals surface area contributed by atoms with Crippen LogP contribution in [0.25, 0.3) is 0 Å². The van der Waals surface area contributed by atoms with E-state index in [9.17, 15) is 0 Å². The monoisotopic (exact) mass is 264 g/mol. The summed E-state index contributed by atoms with van der Waals surface area (Å²) in [6.07, 6.45) is 1.57. The molecule has 19 heavy (non-hydrogen) atoms. The van der Waals surface area contributed by atoms with Crippen molar-refractivity contribution in [3.8, 4) is 0 Å². The molecule has 3 aliphatic rings. The number of aryl methyl sites for hydroxylation is 1. The normalized spacial score (nSPS) is 38.3. The molecule has 6 heteroatoms. The Labute approximate surface area is 111 Å². The lowest BCUT2D eigenvalue weighted by Crippen LogP contribution is -2.50. The van der Waals surface area contributed by atoms with Crippen LogP contribution in [0.2, 0.25) is 0 Å². The summed E-state index contributed by atoms with van der Waals surface area (Å²) < 4.78 is 20.1.